The van der Waals surface area contributed by atoms with E-state index in [-0.39, 0.29) is 0 Å². The molecule has 0 aliphatic carbocycles. The van der Waals surface area contributed by atoms with Crippen molar-refractivity contribution in [2.75, 3.05) is 5.73 Å². The van der Waals surface area contributed by atoms with Crippen LogP contribution >= 0.6 is 0 Å². The Kier molecular flexibility index (Phi) is 3.40. The molecule has 0 atom stereocenters. The number of nitrogen functional groups attached to an aromatic ring is 1. The summed E-state index contributed by atoms with van der Waals surface area (Å²) in [5.74, 6) is 0.690. The van der Waals surface area contributed by atoms with Gasteiger partial charge >= 0.3 is 0 Å². The average Bonchev–Trinajstić information content (AvgIpc) is 2.30. The summed E-state index contributed by atoms with van der Waals surface area (Å²) in [5.41, 5.74) is 8.13. The second-order valence-electron chi connectivity index (χ2n) is 4.18. The molecule has 0 aliphatic heterocycles. The van der Waals surface area contributed by atoms with Crippen molar-refractivity contribution < 1.29 is 0 Å². The predicted molar refractivity (Wildman–Crippen MR) is 69.4 cm³/mol. The molecular formula is C14H18N2. The van der Waals surface area contributed by atoms with E-state index < -0.39 is 0 Å². The molecule has 0 fully saturated rings. The first-order chi connectivity index (χ1) is 7.81. The van der Waals surface area contributed by atoms with Gasteiger partial charge in [0.2, 0.25) is 0 Å². The topological polar surface area (TPSA) is 38.9 Å². The lowest BCUT2D eigenvalue weighted by Gasteiger charge is -2.06. The molecule has 0 spiro atoms. The summed E-state index contributed by atoms with van der Waals surface area (Å²) >= 11 is 0. The molecule has 0 aliphatic rings. The third-order valence-corrected chi connectivity index (χ3v) is 2.89. The summed E-state index contributed by atoms with van der Waals surface area (Å²) in [6.07, 6.45) is 4.73. The van der Waals surface area contributed by atoms with Gasteiger partial charge < -0.3 is 5.73 Å². The molecule has 2 rings (SSSR count). The maximum absolute atomic E-state index is 5.96. The first-order valence-corrected chi connectivity index (χ1v) is 5.95. The number of nitrogens with two attached hydrogens (primary N) is 1. The van der Waals surface area contributed by atoms with Crippen LogP contribution < -0.4 is 5.73 Å². The molecule has 16 heavy (non-hydrogen) atoms. The van der Waals surface area contributed by atoms with Crippen molar-refractivity contribution in [2.45, 2.75) is 32.6 Å². The van der Waals surface area contributed by atoms with Crippen molar-refractivity contribution in [3.63, 3.8) is 0 Å². The second-order valence-corrected chi connectivity index (χ2v) is 4.18. The van der Waals surface area contributed by atoms with E-state index in [1.165, 1.54) is 30.2 Å². The highest BCUT2D eigenvalue weighted by Gasteiger charge is 2.03. The molecule has 1 aromatic heterocycles. The fourth-order valence-electron chi connectivity index (χ4n) is 1.94. The lowest BCUT2D eigenvalue weighted by atomic mass is 10.1. The first kappa shape index (κ1) is 10.9. The highest BCUT2D eigenvalue weighted by atomic mass is 14.8. The largest absolute Gasteiger partial charge is 0.383 e. The van der Waals surface area contributed by atoms with E-state index >= 15 is 0 Å². The third-order valence-electron chi connectivity index (χ3n) is 2.89. The Labute approximate surface area is 96.5 Å². The number of nitrogens with zero attached hydrogens (tertiary/aromatic N) is 1. The maximum atomic E-state index is 5.96. The molecule has 2 heteroatoms. The van der Waals surface area contributed by atoms with E-state index in [2.05, 4.69) is 24.0 Å². The van der Waals surface area contributed by atoms with Crippen molar-refractivity contribution >= 4 is 16.7 Å². The molecular weight excluding hydrogens is 196 g/mol. The van der Waals surface area contributed by atoms with Gasteiger partial charge in [-0.15, -0.1) is 0 Å². The number of aryl methyl sites for hydroxylation is 1. The van der Waals surface area contributed by atoms with Gasteiger partial charge in [0.15, 0.2) is 0 Å². The average molecular weight is 214 g/mol. The number of fused-ring (bicyclic) bond motifs is 1. The van der Waals surface area contributed by atoms with Crippen LogP contribution in [0.5, 0.6) is 0 Å². The fraction of sp³-hybridized carbons (Fsp3) is 0.357. The van der Waals surface area contributed by atoms with Crippen LogP contribution in [0.3, 0.4) is 0 Å². The number of aromatic nitrogens is 1. The Bertz CT molecular complexity index is 477. The van der Waals surface area contributed by atoms with Crippen LogP contribution in [0.2, 0.25) is 0 Å². The van der Waals surface area contributed by atoms with Gasteiger partial charge in [-0.1, -0.05) is 38.0 Å². The fourth-order valence-corrected chi connectivity index (χ4v) is 1.94. The molecule has 2 N–H and O–H groups in total. The van der Waals surface area contributed by atoms with Crippen molar-refractivity contribution in [3.05, 3.63) is 35.9 Å². The minimum atomic E-state index is 0.690. The van der Waals surface area contributed by atoms with Gasteiger partial charge in [0.1, 0.15) is 5.82 Å². The molecule has 0 radical (unpaired) electrons. The van der Waals surface area contributed by atoms with E-state index in [1.54, 1.807) is 0 Å². The minimum absolute atomic E-state index is 0.690. The Morgan fingerprint density at radius 1 is 1.19 bits per heavy atom. The highest BCUT2D eigenvalue weighted by Crippen LogP contribution is 2.19. The zero-order valence-electron chi connectivity index (χ0n) is 9.74. The van der Waals surface area contributed by atoms with Gasteiger partial charge in [-0.05, 0) is 30.5 Å². The lowest BCUT2D eigenvalue weighted by molar-refractivity contribution is 0.718. The van der Waals surface area contributed by atoms with E-state index in [0.717, 1.165) is 11.9 Å². The summed E-state index contributed by atoms with van der Waals surface area (Å²) in [7, 11) is 0. The van der Waals surface area contributed by atoms with Crippen LogP contribution in [0.1, 0.15) is 31.7 Å². The van der Waals surface area contributed by atoms with Crippen LogP contribution in [0.4, 0.5) is 5.82 Å². The molecule has 84 valence electrons. The molecule has 1 aromatic carbocycles. The number of hydrogen-bond donors (Lipinski definition) is 1. The molecule has 1 heterocycles. The predicted octanol–water partition coefficient (Wildman–Crippen LogP) is 3.55. The number of pyridine rings is 1. The van der Waals surface area contributed by atoms with E-state index in [4.69, 9.17) is 5.73 Å². The maximum Gasteiger partial charge on any atom is 0.127 e. The Morgan fingerprint density at radius 3 is 2.81 bits per heavy atom. The summed E-state index contributed by atoms with van der Waals surface area (Å²) < 4.78 is 0. The van der Waals surface area contributed by atoms with Crippen molar-refractivity contribution in [3.8, 4) is 0 Å². The summed E-state index contributed by atoms with van der Waals surface area (Å²) in [4.78, 5) is 4.43. The van der Waals surface area contributed by atoms with E-state index in [1.807, 2.05) is 18.2 Å². The third kappa shape index (κ3) is 2.32. The van der Waals surface area contributed by atoms with Crippen molar-refractivity contribution in [1.82, 2.24) is 4.98 Å². The van der Waals surface area contributed by atoms with Gasteiger partial charge in [0.25, 0.3) is 0 Å². The van der Waals surface area contributed by atoms with Gasteiger partial charge in [-0.25, -0.2) is 4.98 Å². The van der Waals surface area contributed by atoms with Crippen LogP contribution in [-0.2, 0) is 6.42 Å². The molecule has 0 saturated heterocycles. The van der Waals surface area contributed by atoms with Gasteiger partial charge in [-0.3, -0.25) is 0 Å². The normalized spacial score (nSPS) is 10.8. The van der Waals surface area contributed by atoms with Crippen molar-refractivity contribution in [2.24, 2.45) is 0 Å². The number of anilines is 1. The molecule has 2 aromatic rings. The number of benzene rings is 1. The number of hydrogen-bond acceptors (Lipinski definition) is 2. The minimum Gasteiger partial charge on any atom is -0.383 e. The summed E-state index contributed by atoms with van der Waals surface area (Å²) in [6.45, 7) is 2.21. The van der Waals surface area contributed by atoms with Gasteiger partial charge in [0, 0.05) is 5.39 Å². The molecule has 0 amide bonds. The van der Waals surface area contributed by atoms with Crippen LogP contribution in [0.25, 0.3) is 10.9 Å². The first-order valence-electron chi connectivity index (χ1n) is 5.95. The Balaban J connectivity index is 2.27. The summed E-state index contributed by atoms with van der Waals surface area (Å²) in [6, 6.07) is 10.3. The quantitative estimate of drug-likeness (QED) is 0.790. The molecule has 0 saturated carbocycles. The second kappa shape index (κ2) is 4.97. The number of unbranched alkanes of at least 4 members (excludes halogenated alkanes) is 2. The molecule has 0 bridgehead atoms. The number of para-hydroxylation sites is 1. The van der Waals surface area contributed by atoms with Crippen LogP contribution in [0.15, 0.2) is 30.3 Å². The lowest BCUT2D eigenvalue weighted by Crippen LogP contribution is -1.98. The Hall–Kier alpha value is -1.57. The van der Waals surface area contributed by atoms with E-state index in [0.29, 0.717) is 5.82 Å². The van der Waals surface area contributed by atoms with Crippen LogP contribution in [-0.4, -0.2) is 4.98 Å². The smallest absolute Gasteiger partial charge is 0.127 e. The van der Waals surface area contributed by atoms with Crippen LogP contribution in [0, 0.1) is 0 Å². The molecule has 0 unspecified atom stereocenters. The molecule has 2 nitrogen and oxygen atoms in total. The standard InChI is InChI=1S/C14H18N2/c1-2-3-4-8-12-10-11-7-5-6-9-13(11)16-14(12)15/h5-7,9-10H,2-4,8H2,1H3,(H2,15,16). The zero-order valence-corrected chi connectivity index (χ0v) is 9.74. The number of rotatable bonds is 4. The van der Waals surface area contributed by atoms with Crippen molar-refractivity contribution in [1.29, 1.82) is 0 Å². The highest BCUT2D eigenvalue weighted by molar-refractivity contribution is 5.81. The monoisotopic (exact) mass is 214 g/mol. The van der Waals surface area contributed by atoms with E-state index in [9.17, 15) is 0 Å². The van der Waals surface area contributed by atoms with Gasteiger partial charge in [-0.2, -0.15) is 0 Å². The SMILES string of the molecule is CCCCCc1cc2ccccc2nc1N. The van der Waals surface area contributed by atoms with Gasteiger partial charge in [0.05, 0.1) is 5.52 Å². The Morgan fingerprint density at radius 2 is 2.00 bits per heavy atom. The summed E-state index contributed by atoms with van der Waals surface area (Å²) in [5, 5.41) is 1.18. The zero-order chi connectivity index (χ0) is 11.4.